The Hall–Kier alpha value is -3.57. The van der Waals surface area contributed by atoms with E-state index in [0.29, 0.717) is 56.1 Å². The molecule has 0 spiro atoms. The number of carbonyl (C=O) groups is 2. The molecule has 1 atom stereocenters. The molecule has 1 fully saturated rings. The molecule has 2 aromatic rings. The topological polar surface area (TPSA) is 136 Å². The summed E-state index contributed by atoms with van der Waals surface area (Å²) in [5.41, 5.74) is 6.58. The molecule has 220 valence electrons. The molecular weight excluding hydrogens is 543 g/mol. The first kappa shape index (κ1) is 32.6. The van der Waals surface area contributed by atoms with E-state index in [-0.39, 0.29) is 54.8 Å². The van der Waals surface area contributed by atoms with Crippen LogP contribution in [0.1, 0.15) is 50.8 Å². The molecular formula is C28H38ClFN4O6. The third kappa shape index (κ3) is 8.99. The van der Waals surface area contributed by atoms with Crippen LogP contribution in [0.4, 0.5) is 10.1 Å². The molecule has 0 bridgehead atoms. The zero-order valence-electron chi connectivity index (χ0n) is 23.0. The van der Waals surface area contributed by atoms with Gasteiger partial charge in [0.05, 0.1) is 26.4 Å². The van der Waals surface area contributed by atoms with Gasteiger partial charge in [0.2, 0.25) is 0 Å². The minimum Gasteiger partial charge on any atom is -0.494 e. The van der Waals surface area contributed by atoms with Crippen molar-refractivity contribution < 1.29 is 32.9 Å². The number of hydrogen-bond acceptors (Lipinski definition) is 9. The first-order chi connectivity index (χ1) is 18.7. The number of anilines is 1. The number of nitrogens with two attached hydrogens (primary N) is 1. The zero-order chi connectivity index (χ0) is 28.4. The van der Waals surface area contributed by atoms with Crippen molar-refractivity contribution in [2.24, 2.45) is 5.73 Å². The fourth-order valence-corrected chi connectivity index (χ4v) is 4.29. The van der Waals surface area contributed by atoms with Gasteiger partial charge in [0.25, 0.3) is 0 Å². The van der Waals surface area contributed by atoms with Gasteiger partial charge in [-0.1, -0.05) is 0 Å². The quantitative estimate of drug-likeness (QED) is 0.182. The van der Waals surface area contributed by atoms with Gasteiger partial charge in [-0.25, -0.2) is 9.18 Å². The summed E-state index contributed by atoms with van der Waals surface area (Å²) in [6, 6.07) is 8.31. The van der Waals surface area contributed by atoms with Crippen LogP contribution < -0.4 is 20.5 Å². The van der Waals surface area contributed by atoms with E-state index in [1.165, 1.54) is 12.1 Å². The molecule has 4 N–H and O–H groups in total. The van der Waals surface area contributed by atoms with Crippen molar-refractivity contribution in [3.05, 3.63) is 53.3 Å². The maximum absolute atomic E-state index is 16.0. The Bertz CT molecular complexity index is 1140. The van der Waals surface area contributed by atoms with Crippen molar-refractivity contribution in [3.63, 3.8) is 0 Å². The molecule has 0 radical (unpaired) electrons. The summed E-state index contributed by atoms with van der Waals surface area (Å²) >= 11 is 0. The standard InChI is InChI=1S/C28H37FN4O6.ClH/c1-4-36-21-15-22(26(28(35)38-6-3)32-19-9-7-18(8-10-19)27(30)31)25(29)23(16-21)39-20-11-13-33(14-12-20)17-24(34)37-5-2;/h7-10,15-16,20,26,32H,4-6,11-14,17H2,1-3H3,(H3,30,31);1H. The Kier molecular flexibility index (Phi) is 13.0. The van der Waals surface area contributed by atoms with E-state index in [9.17, 15) is 9.59 Å². The van der Waals surface area contributed by atoms with Gasteiger partial charge in [-0.05, 0) is 63.9 Å². The minimum absolute atomic E-state index is 0. The highest BCUT2D eigenvalue weighted by Crippen LogP contribution is 2.35. The summed E-state index contributed by atoms with van der Waals surface area (Å²) in [4.78, 5) is 26.8. The van der Waals surface area contributed by atoms with Crippen molar-refractivity contribution in [2.45, 2.75) is 45.8 Å². The van der Waals surface area contributed by atoms with Crippen LogP contribution in [0.2, 0.25) is 0 Å². The molecule has 12 heteroatoms. The van der Waals surface area contributed by atoms with Crippen LogP contribution in [-0.4, -0.2) is 68.2 Å². The van der Waals surface area contributed by atoms with Gasteiger partial charge in [0, 0.05) is 36.0 Å². The molecule has 10 nitrogen and oxygen atoms in total. The van der Waals surface area contributed by atoms with E-state index >= 15 is 4.39 Å². The molecule has 0 saturated carbocycles. The highest BCUT2D eigenvalue weighted by Gasteiger charge is 2.30. The van der Waals surface area contributed by atoms with Gasteiger partial charge in [-0.3, -0.25) is 15.1 Å². The third-order valence-electron chi connectivity index (χ3n) is 6.18. The number of carbonyl (C=O) groups excluding carboxylic acids is 2. The van der Waals surface area contributed by atoms with Gasteiger partial charge in [0.1, 0.15) is 17.7 Å². The number of hydrogen-bond donors (Lipinski definition) is 3. The second-order valence-electron chi connectivity index (χ2n) is 8.98. The van der Waals surface area contributed by atoms with E-state index in [1.54, 1.807) is 45.0 Å². The summed E-state index contributed by atoms with van der Waals surface area (Å²) in [5, 5.41) is 10.6. The third-order valence-corrected chi connectivity index (χ3v) is 6.18. The van der Waals surface area contributed by atoms with Crippen molar-refractivity contribution >= 4 is 35.9 Å². The zero-order valence-corrected chi connectivity index (χ0v) is 23.9. The number of nitrogen functional groups attached to an aromatic ring is 1. The van der Waals surface area contributed by atoms with E-state index < -0.39 is 17.8 Å². The molecule has 1 aliphatic heterocycles. The van der Waals surface area contributed by atoms with Crippen LogP contribution in [0, 0.1) is 11.2 Å². The lowest BCUT2D eigenvalue weighted by Crippen LogP contribution is -2.41. The number of benzene rings is 2. The van der Waals surface area contributed by atoms with E-state index in [0.717, 1.165) is 0 Å². The number of amidine groups is 1. The first-order valence-corrected chi connectivity index (χ1v) is 13.1. The molecule has 40 heavy (non-hydrogen) atoms. The van der Waals surface area contributed by atoms with Crippen molar-refractivity contribution in [2.75, 3.05) is 44.8 Å². The summed E-state index contributed by atoms with van der Waals surface area (Å²) in [5.74, 6) is -1.40. The number of piperidine rings is 1. The summed E-state index contributed by atoms with van der Waals surface area (Å²) < 4.78 is 38.0. The van der Waals surface area contributed by atoms with Gasteiger partial charge < -0.3 is 30.0 Å². The van der Waals surface area contributed by atoms with Crippen LogP contribution in [0.5, 0.6) is 11.5 Å². The number of rotatable bonds is 13. The Morgan fingerprint density at radius 3 is 2.30 bits per heavy atom. The second-order valence-corrected chi connectivity index (χ2v) is 8.98. The molecule has 1 heterocycles. The van der Waals surface area contributed by atoms with Gasteiger partial charge in [-0.2, -0.15) is 0 Å². The largest absolute Gasteiger partial charge is 0.494 e. The van der Waals surface area contributed by atoms with Crippen LogP contribution >= 0.6 is 12.4 Å². The number of likely N-dealkylation sites (tertiary alicyclic amines) is 1. The smallest absolute Gasteiger partial charge is 0.333 e. The van der Waals surface area contributed by atoms with Gasteiger partial charge in [0.15, 0.2) is 17.6 Å². The SMILES string of the molecule is CCOC(=O)CN1CCC(Oc2cc(OCC)cc(C(Nc3ccc(C(=N)N)cc3)C(=O)OCC)c2F)CC1.Cl. The van der Waals surface area contributed by atoms with Crippen molar-refractivity contribution in [1.82, 2.24) is 4.90 Å². The highest BCUT2D eigenvalue weighted by atomic mass is 35.5. The van der Waals surface area contributed by atoms with E-state index in [2.05, 4.69) is 5.32 Å². The fourth-order valence-electron chi connectivity index (χ4n) is 4.29. The number of ether oxygens (including phenoxy) is 4. The van der Waals surface area contributed by atoms with E-state index in [1.807, 2.05) is 4.90 Å². The molecule has 0 amide bonds. The Morgan fingerprint density at radius 2 is 1.73 bits per heavy atom. The van der Waals surface area contributed by atoms with Crippen LogP contribution in [0.3, 0.4) is 0 Å². The van der Waals surface area contributed by atoms with Gasteiger partial charge in [-0.15, -0.1) is 12.4 Å². The Labute approximate surface area is 240 Å². The molecule has 3 rings (SSSR count). The van der Waals surface area contributed by atoms with Crippen molar-refractivity contribution in [3.8, 4) is 11.5 Å². The number of esters is 2. The Balaban J connectivity index is 0.00000560. The number of nitrogens with zero attached hydrogens (tertiary/aromatic N) is 1. The molecule has 1 unspecified atom stereocenters. The van der Waals surface area contributed by atoms with Crippen LogP contribution in [0.25, 0.3) is 0 Å². The average molecular weight is 581 g/mol. The molecule has 1 aliphatic rings. The monoisotopic (exact) mass is 580 g/mol. The lowest BCUT2D eigenvalue weighted by Gasteiger charge is -2.31. The lowest BCUT2D eigenvalue weighted by atomic mass is 10.0. The summed E-state index contributed by atoms with van der Waals surface area (Å²) in [6.45, 7) is 7.44. The Morgan fingerprint density at radius 1 is 1.07 bits per heavy atom. The molecule has 1 saturated heterocycles. The van der Waals surface area contributed by atoms with Crippen LogP contribution in [0.15, 0.2) is 36.4 Å². The summed E-state index contributed by atoms with van der Waals surface area (Å²) in [7, 11) is 0. The molecule has 0 aliphatic carbocycles. The van der Waals surface area contributed by atoms with Crippen LogP contribution in [-0.2, 0) is 19.1 Å². The molecule has 0 aromatic heterocycles. The predicted octanol–water partition coefficient (Wildman–Crippen LogP) is 4.05. The maximum Gasteiger partial charge on any atom is 0.333 e. The molecule has 2 aromatic carbocycles. The van der Waals surface area contributed by atoms with E-state index in [4.69, 9.17) is 30.1 Å². The average Bonchev–Trinajstić information content (AvgIpc) is 2.91. The number of nitrogens with one attached hydrogen (secondary N) is 2. The number of halogens is 2. The maximum atomic E-state index is 16.0. The predicted molar refractivity (Wildman–Crippen MR) is 152 cm³/mol. The second kappa shape index (κ2) is 15.9. The van der Waals surface area contributed by atoms with Gasteiger partial charge >= 0.3 is 11.9 Å². The normalized spacial score (nSPS) is 14.4. The fraction of sp³-hybridized carbons (Fsp3) is 0.464. The lowest BCUT2D eigenvalue weighted by molar-refractivity contribution is -0.145. The minimum atomic E-state index is -1.19. The first-order valence-electron chi connectivity index (χ1n) is 13.1. The summed E-state index contributed by atoms with van der Waals surface area (Å²) in [6.07, 6.45) is 0.903. The highest BCUT2D eigenvalue weighted by molar-refractivity contribution is 5.95. The van der Waals surface area contributed by atoms with Crippen molar-refractivity contribution in [1.29, 1.82) is 5.41 Å².